The number of fused-ring (bicyclic) bond motifs is 1. The van der Waals surface area contributed by atoms with Crippen molar-refractivity contribution in [2.75, 3.05) is 17.7 Å². The first-order valence-corrected chi connectivity index (χ1v) is 9.66. The number of carbonyl (C=O) groups is 1. The molecule has 0 spiro atoms. The zero-order valence-corrected chi connectivity index (χ0v) is 17.0. The van der Waals surface area contributed by atoms with Gasteiger partial charge in [-0.15, -0.1) is 0 Å². The second-order valence-corrected chi connectivity index (χ2v) is 7.31. The Kier molecular flexibility index (Phi) is 5.52. The smallest absolute Gasteiger partial charge is 0.355 e. The molecule has 4 rings (SSSR count). The molecular formula is C22H19F3N6O. The SMILES string of the molecule is C=C1Cc2ccc(Nc3cc(Nc4ncncc4C(=O)NC)c(C(F)(F)F)cn3)cc2C1. The number of amides is 1. The van der Waals surface area contributed by atoms with Crippen molar-refractivity contribution in [3.8, 4) is 0 Å². The van der Waals surface area contributed by atoms with Gasteiger partial charge in [0.25, 0.3) is 5.91 Å². The zero-order chi connectivity index (χ0) is 22.9. The highest BCUT2D eigenvalue weighted by molar-refractivity contribution is 5.99. The first-order valence-electron chi connectivity index (χ1n) is 9.66. The van der Waals surface area contributed by atoms with E-state index in [1.807, 2.05) is 18.2 Å². The Hall–Kier alpha value is -3.95. The highest BCUT2D eigenvalue weighted by Crippen LogP contribution is 2.37. The number of halogens is 3. The quantitative estimate of drug-likeness (QED) is 0.510. The summed E-state index contributed by atoms with van der Waals surface area (Å²) >= 11 is 0. The number of nitrogens with one attached hydrogen (secondary N) is 3. The van der Waals surface area contributed by atoms with Crippen molar-refractivity contribution in [3.63, 3.8) is 0 Å². The summed E-state index contributed by atoms with van der Waals surface area (Å²) in [6.07, 6.45) is 0.0342. The Morgan fingerprint density at radius 3 is 2.59 bits per heavy atom. The number of hydrogen-bond acceptors (Lipinski definition) is 6. The highest BCUT2D eigenvalue weighted by Gasteiger charge is 2.34. The van der Waals surface area contributed by atoms with E-state index in [0.29, 0.717) is 5.69 Å². The molecule has 7 nitrogen and oxygen atoms in total. The topological polar surface area (TPSA) is 91.8 Å². The minimum atomic E-state index is -4.66. The van der Waals surface area contributed by atoms with E-state index in [9.17, 15) is 18.0 Å². The number of allylic oxidation sites excluding steroid dienone is 1. The van der Waals surface area contributed by atoms with Crippen LogP contribution >= 0.6 is 0 Å². The average molecular weight is 440 g/mol. The molecule has 10 heteroatoms. The lowest BCUT2D eigenvalue weighted by molar-refractivity contribution is -0.137. The Bertz CT molecular complexity index is 1210. The number of aromatic nitrogens is 3. The van der Waals surface area contributed by atoms with Crippen LogP contribution in [0.15, 0.2) is 55.1 Å². The van der Waals surface area contributed by atoms with E-state index in [-0.39, 0.29) is 22.9 Å². The van der Waals surface area contributed by atoms with Crippen LogP contribution in [0, 0.1) is 0 Å². The largest absolute Gasteiger partial charge is 0.419 e. The molecule has 0 radical (unpaired) electrons. The van der Waals surface area contributed by atoms with Gasteiger partial charge in [0.2, 0.25) is 0 Å². The molecule has 2 heterocycles. The number of anilines is 4. The molecule has 0 saturated heterocycles. The maximum Gasteiger partial charge on any atom is 0.419 e. The van der Waals surface area contributed by atoms with Crippen molar-refractivity contribution >= 4 is 28.9 Å². The van der Waals surface area contributed by atoms with Crippen LogP contribution in [0.5, 0.6) is 0 Å². The van der Waals surface area contributed by atoms with Gasteiger partial charge in [0, 0.05) is 31.2 Å². The van der Waals surface area contributed by atoms with Crippen LogP contribution in [0.25, 0.3) is 0 Å². The van der Waals surface area contributed by atoms with Crippen LogP contribution in [-0.2, 0) is 19.0 Å². The molecule has 3 aromatic rings. The van der Waals surface area contributed by atoms with Crippen LogP contribution < -0.4 is 16.0 Å². The van der Waals surface area contributed by atoms with Crippen molar-refractivity contribution in [2.45, 2.75) is 19.0 Å². The average Bonchev–Trinajstić information content (AvgIpc) is 3.12. The molecule has 1 amide bonds. The zero-order valence-electron chi connectivity index (χ0n) is 17.0. The van der Waals surface area contributed by atoms with Gasteiger partial charge in [0.1, 0.15) is 23.5 Å². The van der Waals surface area contributed by atoms with Crippen molar-refractivity contribution in [1.82, 2.24) is 20.3 Å². The lowest BCUT2D eigenvalue weighted by Crippen LogP contribution is -2.20. The van der Waals surface area contributed by atoms with Crippen molar-refractivity contribution in [3.05, 3.63) is 77.4 Å². The van der Waals surface area contributed by atoms with E-state index in [2.05, 4.69) is 37.5 Å². The molecule has 0 fully saturated rings. The van der Waals surface area contributed by atoms with Crippen LogP contribution in [0.3, 0.4) is 0 Å². The summed E-state index contributed by atoms with van der Waals surface area (Å²) in [5, 5.41) is 8.06. The number of pyridine rings is 1. The van der Waals surface area contributed by atoms with Crippen LogP contribution in [0.2, 0.25) is 0 Å². The van der Waals surface area contributed by atoms with E-state index < -0.39 is 17.6 Å². The third-order valence-electron chi connectivity index (χ3n) is 5.01. The lowest BCUT2D eigenvalue weighted by atomic mass is 10.1. The molecule has 0 saturated carbocycles. The van der Waals surface area contributed by atoms with Gasteiger partial charge in [-0.25, -0.2) is 15.0 Å². The normalized spacial score (nSPS) is 12.9. The van der Waals surface area contributed by atoms with Crippen molar-refractivity contribution in [1.29, 1.82) is 0 Å². The van der Waals surface area contributed by atoms with Gasteiger partial charge in [-0.1, -0.05) is 18.2 Å². The van der Waals surface area contributed by atoms with E-state index >= 15 is 0 Å². The molecule has 1 aliphatic rings. The first kappa shape index (κ1) is 21.3. The van der Waals surface area contributed by atoms with Gasteiger partial charge in [-0.2, -0.15) is 13.2 Å². The van der Waals surface area contributed by atoms with Gasteiger partial charge in [0.15, 0.2) is 0 Å². The van der Waals surface area contributed by atoms with Crippen LogP contribution in [0.4, 0.5) is 36.2 Å². The van der Waals surface area contributed by atoms with Gasteiger partial charge in [0.05, 0.1) is 11.3 Å². The first-order chi connectivity index (χ1) is 15.2. The van der Waals surface area contributed by atoms with E-state index in [0.717, 1.165) is 36.5 Å². The highest BCUT2D eigenvalue weighted by atomic mass is 19.4. The summed E-state index contributed by atoms with van der Waals surface area (Å²) in [4.78, 5) is 23.7. The predicted octanol–water partition coefficient (Wildman–Crippen LogP) is 4.39. The minimum absolute atomic E-state index is 0.00768. The van der Waals surface area contributed by atoms with E-state index in [4.69, 9.17) is 0 Å². The number of carbonyl (C=O) groups excluding carboxylic acids is 1. The van der Waals surface area contributed by atoms with Crippen molar-refractivity contribution in [2.24, 2.45) is 0 Å². The molecular weight excluding hydrogens is 421 g/mol. The van der Waals surface area contributed by atoms with Gasteiger partial charge in [-0.05, 0) is 36.1 Å². The second-order valence-electron chi connectivity index (χ2n) is 7.31. The number of rotatable bonds is 5. The molecule has 164 valence electrons. The van der Waals surface area contributed by atoms with Crippen LogP contribution in [0.1, 0.15) is 27.0 Å². The summed E-state index contributed by atoms with van der Waals surface area (Å²) in [5.41, 5.74) is 2.85. The fraction of sp³-hybridized carbons (Fsp3) is 0.182. The molecule has 2 aromatic heterocycles. The molecule has 0 aliphatic heterocycles. The predicted molar refractivity (Wildman–Crippen MR) is 114 cm³/mol. The fourth-order valence-corrected chi connectivity index (χ4v) is 3.50. The summed E-state index contributed by atoms with van der Waals surface area (Å²) in [5.74, 6) is -0.389. The monoisotopic (exact) mass is 440 g/mol. The summed E-state index contributed by atoms with van der Waals surface area (Å²) in [7, 11) is 1.40. The Morgan fingerprint density at radius 2 is 1.84 bits per heavy atom. The van der Waals surface area contributed by atoms with E-state index in [1.165, 1.54) is 24.9 Å². The summed E-state index contributed by atoms with van der Waals surface area (Å²) in [6, 6.07) is 6.98. The third kappa shape index (κ3) is 4.39. The molecule has 1 aliphatic carbocycles. The third-order valence-corrected chi connectivity index (χ3v) is 5.01. The lowest BCUT2D eigenvalue weighted by Gasteiger charge is -2.17. The van der Waals surface area contributed by atoms with E-state index in [1.54, 1.807) is 0 Å². The molecule has 32 heavy (non-hydrogen) atoms. The van der Waals surface area contributed by atoms with Gasteiger partial charge < -0.3 is 16.0 Å². The molecule has 0 bridgehead atoms. The number of alkyl halides is 3. The fourth-order valence-electron chi connectivity index (χ4n) is 3.50. The molecule has 0 atom stereocenters. The Balaban J connectivity index is 1.68. The van der Waals surface area contributed by atoms with Crippen molar-refractivity contribution < 1.29 is 18.0 Å². The van der Waals surface area contributed by atoms with Gasteiger partial charge >= 0.3 is 6.18 Å². The number of benzene rings is 1. The maximum absolute atomic E-state index is 13.6. The summed E-state index contributed by atoms with van der Waals surface area (Å²) < 4.78 is 40.8. The molecule has 0 unspecified atom stereocenters. The minimum Gasteiger partial charge on any atom is -0.355 e. The van der Waals surface area contributed by atoms with Crippen LogP contribution in [-0.4, -0.2) is 27.9 Å². The number of hydrogen-bond donors (Lipinski definition) is 3. The summed E-state index contributed by atoms with van der Waals surface area (Å²) in [6.45, 7) is 4.01. The number of nitrogens with zero attached hydrogens (tertiary/aromatic N) is 3. The molecule has 3 N–H and O–H groups in total. The Labute approximate surface area is 181 Å². The Morgan fingerprint density at radius 1 is 1.06 bits per heavy atom. The molecule has 1 aromatic carbocycles. The maximum atomic E-state index is 13.6. The van der Waals surface area contributed by atoms with Gasteiger partial charge in [-0.3, -0.25) is 4.79 Å². The second kappa shape index (κ2) is 8.29. The standard InChI is InChI=1S/C22H19F3N6O/c1-12-5-13-3-4-15(7-14(13)6-12)30-19-8-18(17(10-28-19)22(23,24)25)31-20-16(21(32)26-2)9-27-11-29-20/h3-4,7-11H,1,5-6H2,2H3,(H,26,32)(H2,27,28,29,30,31).